The zero-order valence-electron chi connectivity index (χ0n) is 33.6. The van der Waals surface area contributed by atoms with Crippen molar-refractivity contribution in [3.05, 3.63) is 191 Å². The third-order valence-corrected chi connectivity index (χ3v) is 14.1. The number of aromatic nitrogens is 1. The first-order valence-corrected chi connectivity index (χ1v) is 21.0. The summed E-state index contributed by atoms with van der Waals surface area (Å²) in [6.07, 6.45) is 30.1. The molecule has 0 saturated carbocycles. The molecule has 0 saturated heterocycles. The topological polar surface area (TPSA) is 8.17 Å². The summed E-state index contributed by atoms with van der Waals surface area (Å²) in [5.41, 5.74) is 15.4. The van der Waals surface area contributed by atoms with E-state index in [-0.39, 0.29) is 17.0 Å². The Hall–Kier alpha value is -5.34. The number of allylic oxidation sites excluding steroid dienone is 10. The van der Waals surface area contributed by atoms with Crippen LogP contribution in [0.4, 0.5) is 11.4 Å². The Balaban J connectivity index is 1.00. The molecule has 6 atom stereocenters. The van der Waals surface area contributed by atoms with Gasteiger partial charge < -0.3 is 9.47 Å². The van der Waals surface area contributed by atoms with Gasteiger partial charge in [-0.05, 0) is 120 Å². The van der Waals surface area contributed by atoms with E-state index in [1.54, 1.807) is 11.3 Å². The number of hydrogen-bond acceptors (Lipinski definition) is 1. The van der Waals surface area contributed by atoms with Crippen LogP contribution in [0.5, 0.6) is 0 Å². The maximum absolute atomic E-state index is 2.69. The second-order valence-electron chi connectivity index (χ2n) is 18.0. The van der Waals surface area contributed by atoms with Crippen molar-refractivity contribution >= 4 is 22.3 Å². The van der Waals surface area contributed by atoms with Gasteiger partial charge in [0.1, 0.15) is 0 Å². The van der Waals surface area contributed by atoms with E-state index in [9.17, 15) is 0 Å². The van der Waals surface area contributed by atoms with E-state index in [0.29, 0.717) is 23.7 Å². The van der Waals surface area contributed by atoms with Crippen molar-refractivity contribution < 1.29 is 0 Å². The molecule has 0 bridgehead atoms. The monoisotopic (exact) mass is 730 g/mol. The molecule has 5 aliphatic rings. The van der Waals surface area contributed by atoms with Gasteiger partial charge in [-0.3, -0.25) is 0 Å². The Morgan fingerprint density at radius 2 is 1.52 bits per heavy atom. The molecular formula is C54H54N2. The number of para-hydroxylation sites is 1. The minimum atomic E-state index is -0.0555. The van der Waals surface area contributed by atoms with E-state index in [0.717, 1.165) is 25.7 Å². The minimum Gasteiger partial charge on any atom is -0.335 e. The van der Waals surface area contributed by atoms with Gasteiger partial charge in [0.25, 0.3) is 0 Å². The predicted octanol–water partition coefficient (Wildman–Crippen LogP) is 13.5. The summed E-state index contributed by atoms with van der Waals surface area (Å²) in [7, 11) is 0. The van der Waals surface area contributed by atoms with Crippen LogP contribution in [0.3, 0.4) is 0 Å². The van der Waals surface area contributed by atoms with Gasteiger partial charge in [-0.1, -0.05) is 155 Å². The molecule has 280 valence electrons. The Bertz CT molecular complexity index is 2550. The normalized spacial score (nSPS) is 26.9. The van der Waals surface area contributed by atoms with Crippen molar-refractivity contribution in [1.82, 2.24) is 4.57 Å². The molecule has 10 rings (SSSR count). The zero-order chi connectivity index (χ0) is 38.2. The van der Waals surface area contributed by atoms with Crippen molar-refractivity contribution in [2.45, 2.75) is 83.2 Å². The van der Waals surface area contributed by atoms with Gasteiger partial charge in [-0.2, -0.15) is 0 Å². The molecule has 2 nitrogen and oxygen atoms in total. The zero-order valence-corrected chi connectivity index (χ0v) is 33.6. The molecule has 0 radical (unpaired) electrons. The molecule has 5 aliphatic carbocycles. The highest BCUT2D eigenvalue weighted by Crippen LogP contribution is 2.51. The summed E-state index contributed by atoms with van der Waals surface area (Å²) >= 11 is 0. The molecule has 0 aliphatic heterocycles. The fraction of sp³-hybridized carbons (Fsp3) is 0.296. The first kappa shape index (κ1) is 35.1. The molecule has 0 spiro atoms. The van der Waals surface area contributed by atoms with E-state index in [1.165, 1.54) is 55.7 Å². The van der Waals surface area contributed by atoms with Gasteiger partial charge in [-0.25, -0.2) is 0 Å². The molecule has 0 amide bonds. The molecule has 4 aromatic carbocycles. The smallest absolute Gasteiger partial charge is 0.0640 e. The Morgan fingerprint density at radius 1 is 0.714 bits per heavy atom. The second-order valence-corrected chi connectivity index (χ2v) is 18.0. The fourth-order valence-electron chi connectivity index (χ4n) is 11.1. The molecule has 5 unspecified atom stereocenters. The Morgan fingerprint density at radius 3 is 2.34 bits per heavy atom. The number of anilines is 2. The lowest BCUT2D eigenvalue weighted by Crippen LogP contribution is -2.34. The van der Waals surface area contributed by atoms with Crippen molar-refractivity contribution in [3.8, 4) is 11.1 Å². The van der Waals surface area contributed by atoms with E-state index >= 15 is 0 Å². The van der Waals surface area contributed by atoms with Crippen LogP contribution in [0.15, 0.2) is 163 Å². The van der Waals surface area contributed by atoms with E-state index in [2.05, 4.69) is 202 Å². The third kappa shape index (κ3) is 5.59. The van der Waals surface area contributed by atoms with Crippen molar-refractivity contribution in [2.24, 2.45) is 17.8 Å². The van der Waals surface area contributed by atoms with Crippen LogP contribution in [0.1, 0.15) is 81.3 Å². The maximum Gasteiger partial charge on any atom is 0.0640 e. The standard InChI is InChI=1S/C54H54N2/c1-36-16-7-8-19-43(36)39-17-15-18-41(33-39)55(42-28-29-45-44-20-9-11-22-49(44)53(3,4)50(45)34-42)40-26-24-38(25-27-40)47-35-48-46-21-10-12-23-51(46)56(52(48)32-37(47)2)54(5)30-13-6-14-31-54/h6-26,28-30,33-34,36-37,40,43,47H,27,31-32,35H2,1-5H3/t36?,37?,40?,43?,47-,54?/m0/s1. The van der Waals surface area contributed by atoms with Crippen LogP contribution in [0.25, 0.3) is 22.0 Å². The predicted molar refractivity (Wildman–Crippen MR) is 237 cm³/mol. The van der Waals surface area contributed by atoms with Gasteiger partial charge in [0, 0.05) is 39.3 Å². The first-order chi connectivity index (χ1) is 27.2. The van der Waals surface area contributed by atoms with E-state index in [4.69, 9.17) is 0 Å². The SMILES string of the molecule is CC1C=CC=CC1c1cccc(N(c2ccc3c(c2)C(C)(C)c2ccccc2-3)C2C=CC([C@H]3Cc4c(n(C5(C)C=CC=CC5)c5ccccc45)CC3C)=CC2)c1. The number of nitrogens with zero attached hydrogens (tertiary/aromatic N) is 2. The van der Waals surface area contributed by atoms with Crippen molar-refractivity contribution in [3.63, 3.8) is 0 Å². The summed E-state index contributed by atoms with van der Waals surface area (Å²) in [6.45, 7) is 12.0. The maximum atomic E-state index is 2.69. The van der Waals surface area contributed by atoms with Crippen LogP contribution >= 0.6 is 0 Å². The highest BCUT2D eigenvalue weighted by atomic mass is 15.2. The lowest BCUT2D eigenvalue weighted by molar-refractivity contribution is 0.347. The molecule has 0 fully saturated rings. The van der Waals surface area contributed by atoms with Gasteiger partial charge in [0.15, 0.2) is 0 Å². The first-order valence-electron chi connectivity index (χ1n) is 21.0. The molecule has 1 aromatic heterocycles. The van der Waals surface area contributed by atoms with Crippen LogP contribution in [0.2, 0.25) is 0 Å². The quantitative estimate of drug-likeness (QED) is 0.169. The highest BCUT2D eigenvalue weighted by molar-refractivity contribution is 5.87. The minimum absolute atomic E-state index is 0.0376. The van der Waals surface area contributed by atoms with E-state index in [1.807, 2.05) is 0 Å². The number of hydrogen-bond donors (Lipinski definition) is 0. The average Bonchev–Trinajstić information content (AvgIpc) is 3.66. The van der Waals surface area contributed by atoms with Crippen LogP contribution in [-0.2, 0) is 23.8 Å². The molecule has 0 N–H and O–H groups in total. The summed E-state index contributed by atoms with van der Waals surface area (Å²) in [4.78, 5) is 2.63. The molecular weight excluding hydrogens is 677 g/mol. The largest absolute Gasteiger partial charge is 0.335 e. The van der Waals surface area contributed by atoms with Crippen molar-refractivity contribution in [1.29, 1.82) is 0 Å². The molecule has 56 heavy (non-hydrogen) atoms. The van der Waals surface area contributed by atoms with Gasteiger partial charge >= 0.3 is 0 Å². The van der Waals surface area contributed by atoms with Crippen LogP contribution < -0.4 is 4.90 Å². The van der Waals surface area contributed by atoms with Crippen LogP contribution in [-0.4, -0.2) is 10.6 Å². The highest BCUT2D eigenvalue weighted by Gasteiger charge is 2.38. The summed E-state index contributed by atoms with van der Waals surface area (Å²) in [5.74, 6) is 1.89. The van der Waals surface area contributed by atoms with E-state index < -0.39 is 0 Å². The number of rotatable bonds is 6. The van der Waals surface area contributed by atoms with Gasteiger partial charge in [0.05, 0.1) is 11.6 Å². The summed E-state index contributed by atoms with van der Waals surface area (Å²) < 4.78 is 2.69. The lowest BCUT2D eigenvalue weighted by atomic mass is 9.73. The van der Waals surface area contributed by atoms with Crippen molar-refractivity contribution in [2.75, 3.05) is 4.90 Å². The summed E-state index contributed by atoms with van der Waals surface area (Å²) in [6, 6.07) is 35.0. The molecule has 1 heterocycles. The number of fused-ring (bicyclic) bond motifs is 6. The molecule has 2 heteroatoms. The Labute approximate surface area is 334 Å². The number of benzene rings is 4. The fourth-order valence-corrected chi connectivity index (χ4v) is 11.1. The van der Waals surface area contributed by atoms with Gasteiger partial charge in [0.2, 0.25) is 0 Å². The average molecular weight is 731 g/mol. The van der Waals surface area contributed by atoms with Gasteiger partial charge in [-0.15, -0.1) is 0 Å². The lowest BCUT2D eigenvalue weighted by Gasteiger charge is -2.38. The summed E-state index contributed by atoms with van der Waals surface area (Å²) in [5, 5.41) is 1.44. The Kier molecular flexibility index (Phi) is 8.40. The third-order valence-electron chi connectivity index (χ3n) is 14.1. The van der Waals surface area contributed by atoms with Crippen LogP contribution in [0, 0.1) is 17.8 Å². The second kappa shape index (κ2) is 13.4. The molecule has 5 aromatic rings.